The number of benzene rings is 1. The summed E-state index contributed by atoms with van der Waals surface area (Å²) < 4.78 is 35.1. The van der Waals surface area contributed by atoms with E-state index in [1.807, 2.05) is 0 Å². The molecular weight excluding hydrogens is 328 g/mol. The van der Waals surface area contributed by atoms with Crippen LogP contribution in [0.2, 0.25) is 0 Å². The number of rotatable bonds is 4. The van der Waals surface area contributed by atoms with Gasteiger partial charge >= 0.3 is 0 Å². The lowest BCUT2D eigenvalue weighted by atomic mass is 10.1. The summed E-state index contributed by atoms with van der Waals surface area (Å²) in [4.78, 5) is 0.200. The quantitative estimate of drug-likeness (QED) is 0.887. The summed E-state index contributed by atoms with van der Waals surface area (Å²) in [5.41, 5.74) is 0.694. The van der Waals surface area contributed by atoms with Gasteiger partial charge in [-0.2, -0.15) is 9.40 Å². The van der Waals surface area contributed by atoms with E-state index in [0.717, 1.165) is 13.0 Å². The highest BCUT2D eigenvalue weighted by Crippen LogP contribution is 2.36. The molecule has 3 heterocycles. The first-order valence-corrected chi connectivity index (χ1v) is 9.46. The summed E-state index contributed by atoms with van der Waals surface area (Å²) in [5.74, 6) is 0.764. The molecule has 7 nitrogen and oxygen atoms in total. The van der Waals surface area contributed by atoms with Gasteiger partial charge in [0.05, 0.1) is 12.8 Å². The van der Waals surface area contributed by atoms with Crippen molar-refractivity contribution in [2.45, 2.75) is 17.4 Å². The maximum atomic E-state index is 13.3. The fraction of sp³-hybridized carbons (Fsp3) is 0.438. The maximum absolute atomic E-state index is 13.3. The van der Waals surface area contributed by atoms with Crippen molar-refractivity contribution in [1.29, 1.82) is 0 Å². The molecular formula is C16H20N4O3S. The standard InChI is InChI=1S/C16H20N4O3S/c1-23-15-4-3-13(19-7-2-6-18-19)9-16(15)24(21,22)20-8-5-12-10-17-11-14(12)20/h2-4,6-7,9,12,14,17H,5,8,10-11H2,1H3/t12-,14+/m0/s1. The van der Waals surface area contributed by atoms with Gasteiger partial charge in [0.2, 0.25) is 10.0 Å². The molecule has 2 atom stereocenters. The van der Waals surface area contributed by atoms with Crippen LogP contribution >= 0.6 is 0 Å². The molecule has 0 spiro atoms. The van der Waals surface area contributed by atoms with Crippen LogP contribution in [-0.2, 0) is 10.0 Å². The zero-order valence-corrected chi connectivity index (χ0v) is 14.2. The Kier molecular flexibility index (Phi) is 3.82. The first kappa shape index (κ1) is 15.6. The lowest BCUT2D eigenvalue weighted by Crippen LogP contribution is -2.39. The van der Waals surface area contributed by atoms with E-state index in [0.29, 0.717) is 30.4 Å². The van der Waals surface area contributed by atoms with Gasteiger partial charge in [0.1, 0.15) is 10.6 Å². The predicted octanol–water partition coefficient (Wildman–Crippen LogP) is 0.863. The summed E-state index contributed by atoms with van der Waals surface area (Å²) in [6.45, 7) is 2.17. The highest BCUT2D eigenvalue weighted by molar-refractivity contribution is 7.89. The molecule has 2 aromatic rings. The zero-order valence-electron chi connectivity index (χ0n) is 13.4. The van der Waals surface area contributed by atoms with Crippen molar-refractivity contribution in [2.75, 3.05) is 26.7 Å². The van der Waals surface area contributed by atoms with E-state index < -0.39 is 10.0 Å². The second kappa shape index (κ2) is 5.87. The molecule has 2 aliphatic heterocycles. The molecule has 1 aromatic heterocycles. The fourth-order valence-corrected chi connectivity index (χ4v) is 5.54. The van der Waals surface area contributed by atoms with Crippen molar-refractivity contribution >= 4 is 10.0 Å². The summed E-state index contributed by atoms with van der Waals surface area (Å²) in [6, 6.07) is 6.96. The van der Waals surface area contributed by atoms with E-state index in [1.54, 1.807) is 45.6 Å². The van der Waals surface area contributed by atoms with Crippen LogP contribution in [0.1, 0.15) is 6.42 Å². The maximum Gasteiger partial charge on any atom is 0.247 e. The summed E-state index contributed by atoms with van der Waals surface area (Å²) >= 11 is 0. The highest BCUT2D eigenvalue weighted by atomic mass is 32.2. The SMILES string of the molecule is COc1ccc(-n2cccn2)cc1S(=O)(=O)N1CC[C@H]2CNC[C@H]21. The average molecular weight is 348 g/mol. The molecule has 0 unspecified atom stereocenters. The normalized spacial score (nSPS) is 24.2. The monoisotopic (exact) mass is 348 g/mol. The van der Waals surface area contributed by atoms with Gasteiger partial charge in [0, 0.05) is 31.5 Å². The highest BCUT2D eigenvalue weighted by Gasteiger charge is 2.44. The van der Waals surface area contributed by atoms with E-state index in [1.165, 1.54) is 7.11 Å². The summed E-state index contributed by atoms with van der Waals surface area (Å²) in [7, 11) is -2.13. The fourth-order valence-electron chi connectivity index (χ4n) is 3.67. The number of nitrogens with zero attached hydrogens (tertiary/aromatic N) is 3. The number of methoxy groups -OCH3 is 1. The van der Waals surface area contributed by atoms with Crippen molar-refractivity contribution in [2.24, 2.45) is 5.92 Å². The van der Waals surface area contributed by atoms with Crippen LogP contribution in [0.25, 0.3) is 5.69 Å². The lowest BCUT2D eigenvalue weighted by Gasteiger charge is -2.24. The molecule has 8 heteroatoms. The smallest absolute Gasteiger partial charge is 0.247 e. The van der Waals surface area contributed by atoms with Gasteiger partial charge in [-0.05, 0) is 43.1 Å². The molecule has 0 saturated carbocycles. The molecule has 128 valence electrons. The number of aromatic nitrogens is 2. The van der Waals surface area contributed by atoms with Gasteiger partial charge in [-0.1, -0.05) is 0 Å². The Balaban J connectivity index is 1.78. The van der Waals surface area contributed by atoms with E-state index in [9.17, 15) is 8.42 Å². The van der Waals surface area contributed by atoms with Crippen LogP contribution in [0.4, 0.5) is 0 Å². The van der Waals surface area contributed by atoms with E-state index in [2.05, 4.69) is 10.4 Å². The van der Waals surface area contributed by atoms with Crippen LogP contribution in [-0.4, -0.2) is 55.3 Å². The van der Waals surface area contributed by atoms with Gasteiger partial charge in [0.25, 0.3) is 0 Å². The Morgan fingerprint density at radius 3 is 2.96 bits per heavy atom. The second-order valence-electron chi connectivity index (χ2n) is 6.18. The number of sulfonamides is 1. The Bertz CT molecular complexity index is 835. The van der Waals surface area contributed by atoms with Gasteiger partial charge in [-0.25, -0.2) is 13.1 Å². The summed E-state index contributed by atoms with van der Waals surface area (Å²) in [6.07, 6.45) is 4.34. The Hall–Kier alpha value is -1.90. The van der Waals surface area contributed by atoms with Crippen molar-refractivity contribution < 1.29 is 13.2 Å². The molecule has 2 saturated heterocycles. The molecule has 2 fully saturated rings. The molecule has 0 aliphatic carbocycles. The molecule has 2 aliphatic rings. The Morgan fingerprint density at radius 1 is 1.33 bits per heavy atom. The van der Waals surface area contributed by atoms with Gasteiger partial charge in [-0.15, -0.1) is 0 Å². The van der Waals surface area contributed by atoms with Crippen LogP contribution < -0.4 is 10.1 Å². The number of hydrogen-bond acceptors (Lipinski definition) is 5. The van der Waals surface area contributed by atoms with Crippen molar-refractivity contribution in [3.05, 3.63) is 36.7 Å². The molecule has 24 heavy (non-hydrogen) atoms. The third kappa shape index (κ3) is 2.42. The third-order valence-electron chi connectivity index (χ3n) is 4.90. The van der Waals surface area contributed by atoms with Crippen molar-refractivity contribution in [3.8, 4) is 11.4 Å². The molecule has 1 aromatic carbocycles. The third-order valence-corrected chi connectivity index (χ3v) is 6.84. The molecule has 4 rings (SSSR count). The second-order valence-corrected chi connectivity index (χ2v) is 8.03. The minimum absolute atomic E-state index is 0.0352. The molecule has 0 radical (unpaired) electrons. The Morgan fingerprint density at radius 2 is 2.21 bits per heavy atom. The van der Waals surface area contributed by atoms with Crippen molar-refractivity contribution in [3.63, 3.8) is 0 Å². The topological polar surface area (TPSA) is 76.5 Å². The van der Waals surface area contributed by atoms with Gasteiger partial charge in [-0.3, -0.25) is 0 Å². The van der Waals surface area contributed by atoms with Gasteiger partial charge < -0.3 is 10.1 Å². The van der Waals surface area contributed by atoms with Crippen LogP contribution in [0.5, 0.6) is 5.75 Å². The number of nitrogens with one attached hydrogen (secondary N) is 1. The predicted molar refractivity (Wildman–Crippen MR) is 88.8 cm³/mol. The van der Waals surface area contributed by atoms with E-state index in [-0.39, 0.29) is 10.9 Å². The minimum Gasteiger partial charge on any atom is -0.495 e. The molecule has 0 bridgehead atoms. The average Bonchev–Trinajstić information content (AvgIpc) is 3.30. The number of fused-ring (bicyclic) bond motifs is 1. The number of ether oxygens (including phenoxy) is 1. The van der Waals surface area contributed by atoms with Gasteiger partial charge in [0.15, 0.2) is 0 Å². The first-order valence-electron chi connectivity index (χ1n) is 8.02. The molecule has 1 N–H and O–H groups in total. The van der Waals surface area contributed by atoms with E-state index in [4.69, 9.17) is 4.74 Å². The lowest BCUT2D eigenvalue weighted by molar-refractivity contribution is 0.372. The zero-order chi connectivity index (χ0) is 16.7. The Labute approximate surface area is 141 Å². The van der Waals surface area contributed by atoms with E-state index >= 15 is 0 Å². The number of hydrogen-bond donors (Lipinski definition) is 1. The largest absolute Gasteiger partial charge is 0.495 e. The summed E-state index contributed by atoms with van der Waals surface area (Å²) in [5, 5.41) is 7.46. The van der Waals surface area contributed by atoms with Crippen LogP contribution in [0.3, 0.4) is 0 Å². The minimum atomic E-state index is -3.62. The molecule has 0 amide bonds. The van der Waals surface area contributed by atoms with Crippen molar-refractivity contribution in [1.82, 2.24) is 19.4 Å². The van der Waals surface area contributed by atoms with Crippen LogP contribution in [0, 0.1) is 5.92 Å². The van der Waals surface area contributed by atoms with Crippen LogP contribution in [0.15, 0.2) is 41.6 Å². The first-order chi connectivity index (χ1) is 11.6.